The summed E-state index contributed by atoms with van der Waals surface area (Å²) in [5.41, 5.74) is 4.89. The number of aryl methyl sites for hydroxylation is 1. The van der Waals surface area contributed by atoms with Crippen molar-refractivity contribution in [3.05, 3.63) is 27.2 Å². The molecule has 0 aliphatic carbocycles. The Hall–Kier alpha value is -1.93. The zero-order chi connectivity index (χ0) is 12.7. The van der Waals surface area contributed by atoms with E-state index < -0.39 is 17.5 Å². The molecule has 0 amide bonds. The Morgan fingerprint density at radius 3 is 2.65 bits per heavy atom. The highest BCUT2D eigenvalue weighted by Gasteiger charge is 2.14. The van der Waals surface area contributed by atoms with Crippen LogP contribution in [0.5, 0.6) is 0 Å². The van der Waals surface area contributed by atoms with Crippen LogP contribution in [0, 0.1) is 0 Å². The van der Waals surface area contributed by atoms with Crippen LogP contribution in [-0.2, 0) is 20.6 Å². The van der Waals surface area contributed by atoms with Crippen molar-refractivity contribution in [3.8, 4) is 0 Å². The standard InChI is InChI=1S/C9H13N5O3/c1-12-7-6(8(16)13(2)9(12)17)14(4-11-7)3-5(10)15/h4-5,15H,3,10H2,1-2H3. The lowest BCUT2D eigenvalue weighted by molar-refractivity contribution is 0.162. The molecule has 0 bridgehead atoms. The van der Waals surface area contributed by atoms with Gasteiger partial charge in [-0.2, -0.15) is 0 Å². The molecule has 17 heavy (non-hydrogen) atoms. The second-order valence-electron chi connectivity index (χ2n) is 3.84. The van der Waals surface area contributed by atoms with E-state index in [1.54, 1.807) is 0 Å². The van der Waals surface area contributed by atoms with Gasteiger partial charge >= 0.3 is 5.69 Å². The molecule has 0 saturated heterocycles. The van der Waals surface area contributed by atoms with Crippen LogP contribution in [0.3, 0.4) is 0 Å². The second kappa shape index (κ2) is 3.82. The van der Waals surface area contributed by atoms with Crippen molar-refractivity contribution >= 4 is 11.2 Å². The lowest BCUT2D eigenvalue weighted by atomic mass is 10.4. The molecular weight excluding hydrogens is 226 g/mol. The maximum Gasteiger partial charge on any atom is 0.332 e. The third-order valence-electron chi connectivity index (χ3n) is 2.60. The van der Waals surface area contributed by atoms with E-state index in [4.69, 9.17) is 10.8 Å². The lowest BCUT2D eigenvalue weighted by Gasteiger charge is -2.07. The molecule has 1 unspecified atom stereocenters. The molecule has 8 heteroatoms. The SMILES string of the molecule is Cn1c(=O)c2c(ncn2CC(N)O)n(C)c1=O. The van der Waals surface area contributed by atoms with Crippen molar-refractivity contribution in [2.75, 3.05) is 0 Å². The number of rotatable bonds is 2. The quantitative estimate of drug-likeness (QED) is 0.573. The number of nitrogens with two attached hydrogens (primary N) is 1. The fourth-order valence-corrected chi connectivity index (χ4v) is 1.74. The van der Waals surface area contributed by atoms with Crippen molar-refractivity contribution in [1.29, 1.82) is 0 Å². The fourth-order valence-electron chi connectivity index (χ4n) is 1.74. The number of nitrogens with zero attached hydrogens (tertiary/aromatic N) is 4. The van der Waals surface area contributed by atoms with Crippen molar-refractivity contribution in [2.24, 2.45) is 19.8 Å². The zero-order valence-electron chi connectivity index (χ0n) is 9.49. The van der Waals surface area contributed by atoms with Crippen LogP contribution in [0.25, 0.3) is 11.2 Å². The van der Waals surface area contributed by atoms with Gasteiger partial charge in [0.25, 0.3) is 5.56 Å². The van der Waals surface area contributed by atoms with Gasteiger partial charge in [0, 0.05) is 14.1 Å². The number of imidazole rings is 1. The van der Waals surface area contributed by atoms with E-state index in [0.717, 1.165) is 4.57 Å². The van der Waals surface area contributed by atoms with Gasteiger partial charge in [0.15, 0.2) is 11.2 Å². The summed E-state index contributed by atoms with van der Waals surface area (Å²) >= 11 is 0. The monoisotopic (exact) mass is 239 g/mol. The molecular formula is C9H13N5O3. The normalized spacial score (nSPS) is 13.2. The van der Waals surface area contributed by atoms with Crippen LogP contribution in [0.2, 0.25) is 0 Å². The predicted molar refractivity (Wildman–Crippen MR) is 60.4 cm³/mol. The molecule has 2 aromatic rings. The van der Waals surface area contributed by atoms with E-state index >= 15 is 0 Å². The molecule has 3 N–H and O–H groups in total. The average Bonchev–Trinajstić information content (AvgIpc) is 2.66. The summed E-state index contributed by atoms with van der Waals surface area (Å²) in [6.07, 6.45) is 0.288. The van der Waals surface area contributed by atoms with Crippen molar-refractivity contribution < 1.29 is 5.11 Å². The molecule has 2 heterocycles. The van der Waals surface area contributed by atoms with E-state index in [1.165, 1.54) is 29.6 Å². The van der Waals surface area contributed by atoms with E-state index in [1.807, 2.05) is 0 Å². The van der Waals surface area contributed by atoms with Crippen LogP contribution in [0.4, 0.5) is 0 Å². The Labute approximate surface area is 95.5 Å². The summed E-state index contributed by atoms with van der Waals surface area (Å²) in [5.74, 6) is 0. The Morgan fingerprint density at radius 2 is 2.06 bits per heavy atom. The van der Waals surface area contributed by atoms with Crippen LogP contribution >= 0.6 is 0 Å². The van der Waals surface area contributed by atoms with Crippen LogP contribution in [0.1, 0.15) is 0 Å². The van der Waals surface area contributed by atoms with Gasteiger partial charge in [0.2, 0.25) is 0 Å². The summed E-state index contributed by atoms with van der Waals surface area (Å²) in [5, 5.41) is 9.12. The Kier molecular flexibility index (Phi) is 2.60. The minimum Gasteiger partial charge on any atom is -0.377 e. The van der Waals surface area contributed by atoms with E-state index in [2.05, 4.69) is 4.98 Å². The van der Waals surface area contributed by atoms with Gasteiger partial charge in [-0.3, -0.25) is 13.9 Å². The molecule has 0 aliphatic rings. The Balaban J connectivity index is 2.86. The summed E-state index contributed by atoms with van der Waals surface area (Å²) in [6.45, 7) is 0.0456. The van der Waals surface area contributed by atoms with Gasteiger partial charge in [0.05, 0.1) is 12.9 Å². The smallest absolute Gasteiger partial charge is 0.332 e. The molecule has 8 nitrogen and oxygen atoms in total. The van der Waals surface area contributed by atoms with Crippen molar-refractivity contribution in [1.82, 2.24) is 18.7 Å². The third kappa shape index (κ3) is 1.67. The van der Waals surface area contributed by atoms with E-state index in [-0.39, 0.29) is 17.7 Å². The van der Waals surface area contributed by atoms with E-state index in [0.29, 0.717) is 0 Å². The largest absolute Gasteiger partial charge is 0.377 e. The number of fused-ring (bicyclic) bond motifs is 1. The molecule has 0 radical (unpaired) electrons. The highest BCUT2D eigenvalue weighted by molar-refractivity contribution is 5.69. The molecule has 2 aromatic heterocycles. The number of aromatic nitrogens is 4. The molecule has 0 saturated carbocycles. The van der Waals surface area contributed by atoms with Crippen molar-refractivity contribution in [2.45, 2.75) is 12.8 Å². The number of hydrogen-bond donors (Lipinski definition) is 2. The third-order valence-corrected chi connectivity index (χ3v) is 2.60. The highest BCUT2D eigenvalue weighted by Crippen LogP contribution is 2.05. The average molecular weight is 239 g/mol. The first-order valence-corrected chi connectivity index (χ1v) is 4.98. The maximum absolute atomic E-state index is 11.9. The number of aliphatic hydroxyl groups is 1. The fraction of sp³-hybridized carbons (Fsp3) is 0.444. The first-order valence-electron chi connectivity index (χ1n) is 4.98. The minimum atomic E-state index is -1.09. The van der Waals surface area contributed by atoms with Crippen molar-refractivity contribution in [3.63, 3.8) is 0 Å². The first-order chi connectivity index (χ1) is 7.93. The summed E-state index contributed by atoms with van der Waals surface area (Å²) in [6, 6.07) is 0. The van der Waals surface area contributed by atoms with Crippen LogP contribution < -0.4 is 17.0 Å². The summed E-state index contributed by atoms with van der Waals surface area (Å²) < 4.78 is 3.70. The second-order valence-corrected chi connectivity index (χ2v) is 3.84. The van der Waals surface area contributed by atoms with Crippen LogP contribution in [-0.4, -0.2) is 30.0 Å². The zero-order valence-corrected chi connectivity index (χ0v) is 9.49. The topological polar surface area (TPSA) is 108 Å². The van der Waals surface area contributed by atoms with Gasteiger partial charge in [-0.05, 0) is 0 Å². The first kappa shape index (κ1) is 11.6. The Bertz CT molecular complexity index is 678. The molecule has 0 aromatic carbocycles. The van der Waals surface area contributed by atoms with Gasteiger partial charge in [-0.1, -0.05) is 0 Å². The molecule has 0 aliphatic heterocycles. The molecule has 0 fully saturated rings. The van der Waals surface area contributed by atoms with E-state index in [9.17, 15) is 9.59 Å². The summed E-state index contributed by atoms with van der Waals surface area (Å²) in [7, 11) is 2.92. The summed E-state index contributed by atoms with van der Waals surface area (Å²) in [4.78, 5) is 27.5. The lowest BCUT2D eigenvalue weighted by Crippen LogP contribution is -2.38. The maximum atomic E-state index is 11.9. The van der Waals surface area contributed by atoms with Crippen LogP contribution in [0.15, 0.2) is 15.9 Å². The van der Waals surface area contributed by atoms with Gasteiger partial charge in [-0.25, -0.2) is 9.78 Å². The Morgan fingerprint density at radius 1 is 1.41 bits per heavy atom. The number of aliphatic hydroxyl groups excluding tert-OH is 1. The molecule has 2 rings (SSSR count). The number of hydrogen-bond acceptors (Lipinski definition) is 5. The highest BCUT2D eigenvalue weighted by atomic mass is 16.3. The minimum absolute atomic E-state index is 0.0456. The molecule has 0 spiro atoms. The van der Waals surface area contributed by atoms with Gasteiger partial charge in [0.1, 0.15) is 6.23 Å². The van der Waals surface area contributed by atoms with Gasteiger partial charge in [-0.15, -0.1) is 0 Å². The molecule has 92 valence electrons. The molecule has 1 atom stereocenters. The van der Waals surface area contributed by atoms with Gasteiger partial charge < -0.3 is 15.4 Å². The predicted octanol–water partition coefficient (Wildman–Crippen LogP) is -2.29.